The number of sulfonamides is 1. The van der Waals surface area contributed by atoms with E-state index in [2.05, 4.69) is 9.71 Å². The number of aromatic nitrogens is 1. The van der Waals surface area contributed by atoms with E-state index in [0.717, 1.165) is 5.56 Å². The molecule has 20 heavy (non-hydrogen) atoms. The molecule has 1 aromatic heterocycles. The minimum atomic E-state index is -3.71. The van der Waals surface area contributed by atoms with Gasteiger partial charge in [0.1, 0.15) is 15.6 Å². The molecule has 1 aromatic carbocycles. The van der Waals surface area contributed by atoms with Gasteiger partial charge in [-0.15, -0.1) is 0 Å². The summed E-state index contributed by atoms with van der Waals surface area (Å²) in [6.45, 7) is 0.189. The maximum Gasteiger partial charge on any atom is 0.243 e. The van der Waals surface area contributed by atoms with Gasteiger partial charge in [0.05, 0.1) is 0 Å². The van der Waals surface area contributed by atoms with E-state index in [0.29, 0.717) is 0 Å². The molecule has 7 heteroatoms. The van der Waals surface area contributed by atoms with Gasteiger partial charge in [-0.05, 0) is 17.7 Å². The van der Waals surface area contributed by atoms with Crippen LogP contribution in [0.25, 0.3) is 0 Å². The van der Waals surface area contributed by atoms with Crippen LogP contribution in [0, 0.1) is 0 Å². The molecule has 0 spiro atoms. The molecule has 0 amide bonds. The zero-order valence-electron chi connectivity index (χ0n) is 10.5. The van der Waals surface area contributed by atoms with Crippen molar-refractivity contribution in [1.29, 1.82) is 0 Å². The van der Waals surface area contributed by atoms with Crippen LogP contribution in [-0.2, 0) is 16.6 Å². The number of benzene rings is 1. The number of rotatable bonds is 5. The van der Waals surface area contributed by atoms with Crippen LogP contribution >= 0.6 is 12.2 Å². The van der Waals surface area contributed by atoms with Gasteiger partial charge in [-0.2, -0.15) is 0 Å². The van der Waals surface area contributed by atoms with Crippen molar-refractivity contribution in [1.82, 2.24) is 9.71 Å². The van der Waals surface area contributed by atoms with E-state index in [1.807, 2.05) is 30.3 Å². The van der Waals surface area contributed by atoms with Gasteiger partial charge in [-0.3, -0.25) is 4.98 Å². The van der Waals surface area contributed by atoms with E-state index in [4.69, 9.17) is 18.0 Å². The predicted octanol–water partition coefficient (Wildman–Crippen LogP) is 1.19. The van der Waals surface area contributed by atoms with Crippen molar-refractivity contribution in [3.63, 3.8) is 0 Å². The first kappa shape index (κ1) is 14.6. The lowest BCUT2D eigenvalue weighted by Gasteiger charge is -2.09. The molecule has 0 aliphatic rings. The summed E-state index contributed by atoms with van der Waals surface area (Å²) in [5.41, 5.74) is 6.45. The number of hydrogen-bond acceptors (Lipinski definition) is 4. The third-order valence-electron chi connectivity index (χ3n) is 2.60. The van der Waals surface area contributed by atoms with Crippen LogP contribution in [0.4, 0.5) is 0 Å². The molecular weight excluding hydrogens is 294 g/mol. The Kier molecular flexibility index (Phi) is 4.43. The minimum absolute atomic E-state index is 0.0107. The summed E-state index contributed by atoms with van der Waals surface area (Å²) in [6.07, 6.45) is 1.45. The zero-order valence-corrected chi connectivity index (χ0v) is 12.1. The monoisotopic (exact) mass is 307 g/mol. The minimum Gasteiger partial charge on any atom is -0.388 e. The Labute approximate surface area is 122 Å². The molecule has 0 bridgehead atoms. The molecule has 1 heterocycles. The molecule has 3 N–H and O–H groups in total. The average molecular weight is 307 g/mol. The highest BCUT2D eigenvalue weighted by Crippen LogP contribution is 2.13. The predicted molar refractivity (Wildman–Crippen MR) is 80.6 cm³/mol. The number of nitrogens with one attached hydrogen (secondary N) is 1. The highest BCUT2D eigenvalue weighted by atomic mass is 32.2. The second kappa shape index (κ2) is 6.08. The Morgan fingerprint density at radius 2 is 1.90 bits per heavy atom. The van der Waals surface area contributed by atoms with E-state index in [1.54, 1.807) is 0 Å². The van der Waals surface area contributed by atoms with Crippen molar-refractivity contribution in [2.75, 3.05) is 0 Å². The number of hydrogen-bond donors (Lipinski definition) is 2. The van der Waals surface area contributed by atoms with Gasteiger partial charge in [0.15, 0.2) is 0 Å². The first-order valence-corrected chi connectivity index (χ1v) is 7.68. The Hall–Kier alpha value is -1.83. The van der Waals surface area contributed by atoms with Crippen molar-refractivity contribution < 1.29 is 8.42 Å². The highest BCUT2D eigenvalue weighted by molar-refractivity contribution is 7.89. The van der Waals surface area contributed by atoms with Gasteiger partial charge in [0.2, 0.25) is 10.0 Å². The Balaban J connectivity index is 2.25. The van der Waals surface area contributed by atoms with E-state index in [9.17, 15) is 8.42 Å². The smallest absolute Gasteiger partial charge is 0.243 e. The molecule has 0 fully saturated rings. The molecule has 0 aliphatic heterocycles. The van der Waals surface area contributed by atoms with Gasteiger partial charge in [-0.1, -0.05) is 42.5 Å². The molecule has 2 rings (SSSR count). The maximum atomic E-state index is 12.3. The van der Waals surface area contributed by atoms with Crippen molar-refractivity contribution in [2.24, 2.45) is 5.73 Å². The van der Waals surface area contributed by atoms with Crippen molar-refractivity contribution in [2.45, 2.75) is 11.4 Å². The normalized spacial score (nSPS) is 11.2. The van der Waals surface area contributed by atoms with Gasteiger partial charge >= 0.3 is 0 Å². The lowest BCUT2D eigenvalue weighted by Crippen LogP contribution is -2.26. The SMILES string of the molecule is NC(=S)c1ncccc1S(=O)(=O)NCc1ccccc1. The zero-order chi connectivity index (χ0) is 14.6. The topological polar surface area (TPSA) is 85.1 Å². The summed E-state index contributed by atoms with van der Waals surface area (Å²) in [7, 11) is -3.71. The molecular formula is C13H13N3O2S2. The lowest BCUT2D eigenvalue weighted by atomic mass is 10.2. The van der Waals surface area contributed by atoms with Crippen LogP contribution in [0.15, 0.2) is 53.6 Å². The number of pyridine rings is 1. The molecule has 0 unspecified atom stereocenters. The Morgan fingerprint density at radius 1 is 1.20 bits per heavy atom. The summed E-state index contributed by atoms with van der Waals surface area (Å²) in [5, 5.41) is 0. The van der Waals surface area contributed by atoms with Crippen LogP contribution in [-0.4, -0.2) is 18.4 Å². The number of nitrogens with zero attached hydrogens (tertiary/aromatic N) is 1. The van der Waals surface area contributed by atoms with Crippen molar-refractivity contribution in [3.8, 4) is 0 Å². The maximum absolute atomic E-state index is 12.3. The van der Waals surface area contributed by atoms with Crippen molar-refractivity contribution >= 4 is 27.2 Å². The van der Waals surface area contributed by atoms with Crippen LogP contribution in [0.5, 0.6) is 0 Å². The van der Waals surface area contributed by atoms with Gasteiger partial charge in [0, 0.05) is 12.7 Å². The molecule has 0 saturated carbocycles. The Morgan fingerprint density at radius 3 is 2.55 bits per heavy atom. The molecule has 5 nitrogen and oxygen atoms in total. The molecule has 0 aliphatic carbocycles. The lowest BCUT2D eigenvalue weighted by molar-refractivity contribution is 0.580. The van der Waals surface area contributed by atoms with Crippen LogP contribution in [0.2, 0.25) is 0 Å². The first-order valence-electron chi connectivity index (χ1n) is 5.79. The quantitative estimate of drug-likeness (QED) is 0.811. The summed E-state index contributed by atoms with van der Waals surface area (Å²) >= 11 is 4.82. The van der Waals surface area contributed by atoms with Gasteiger partial charge < -0.3 is 5.73 Å². The fraction of sp³-hybridized carbons (Fsp3) is 0.0769. The molecule has 2 aromatic rings. The molecule has 0 radical (unpaired) electrons. The number of thiocarbonyl (C=S) groups is 1. The summed E-state index contributed by atoms with van der Waals surface area (Å²) in [6, 6.07) is 12.2. The fourth-order valence-corrected chi connectivity index (χ4v) is 3.06. The van der Waals surface area contributed by atoms with E-state index < -0.39 is 10.0 Å². The molecule has 0 atom stereocenters. The third kappa shape index (κ3) is 3.38. The van der Waals surface area contributed by atoms with Crippen LogP contribution in [0.3, 0.4) is 0 Å². The standard InChI is InChI=1S/C13H13N3O2S2/c14-13(19)12-11(7-4-8-15-12)20(17,18)16-9-10-5-2-1-3-6-10/h1-8,16H,9H2,(H2,14,19). The summed E-state index contributed by atoms with van der Waals surface area (Å²) in [5.74, 6) is 0. The highest BCUT2D eigenvalue weighted by Gasteiger charge is 2.20. The number of nitrogens with two attached hydrogens (primary N) is 1. The molecule has 104 valence electrons. The Bertz CT molecular complexity index is 715. The van der Waals surface area contributed by atoms with Gasteiger partial charge in [-0.25, -0.2) is 13.1 Å². The summed E-state index contributed by atoms with van der Waals surface area (Å²) < 4.78 is 27.0. The fourth-order valence-electron chi connectivity index (χ4n) is 1.64. The third-order valence-corrected chi connectivity index (χ3v) is 4.23. The second-order valence-electron chi connectivity index (χ2n) is 4.02. The summed E-state index contributed by atoms with van der Waals surface area (Å²) in [4.78, 5) is 3.85. The second-order valence-corrected chi connectivity index (χ2v) is 6.20. The van der Waals surface area contributed by atoms with Crippen LogP contribution in [0.1, 0.15) is 11.3 Å². The van der Waals surface area contributed by atoms with Crippen LogP contribution < -0.4 is 10.5 Å². The van der Waals surface area contributed by atoms with Gasteiger partial charge in [0.25, 0.3) is 0 Å². The van der Waals surface area contributed by atoms with E-state index in [1.165, 1.54) is 18.3 Å². The average Bonchev–Trinajstić information content (AvgIpc) is 2.46. The van der Waals surface area contributed by atoms with Crippen molar-refractivity contribution in [3.05, 3.63) is 59.9 Å². The van der Waals surface area contributed by atoms with E-state index >= 15 is 0 Å². The molecule has 0 saturated heterocycles. The van der Waals surface area contributed by atoms with E-state index in [-0.39, 0.29) is 22.1 Å². The first-order chi connectivity index (χ1) is 9.50. The largest absolute Gasteiger partial charge is 0.388 e.